The first-order chi connectivity index (χ1) is 21.7. The summed E-state index contributed by atoms with van der Waals surface area (Å²) < 4.78 is 22.0. The van der Waals surface area contributed by atoms with Crippen LogP contribution >= 0.6 is 0 Å². The number of benzene rings is 2. The predicted octanol–water partition coefficient (Wildman–Crippen LogP) is 2.04. The fourth-order valence-corrected chi connectivity index (χ4v) is 6.78. The summed E-state index contributed by atoms with van der Waals surface area (Å²) in [5, 5.41) is 42.8. The number of aliphatic carboxylic acids is 1. The van der Waals surface area contributed by atoms with Gasteiger partial charge in [-0.05, 0) is 58.5 Å². The van der Waals surface area contributed by atoms with Crippen molar-refractivity contribution in [2.45, 2.75) is 81.5 Å². The van der Waals surface area contributed by atoms with Crippen LogP contribution in [0.15, 0.2) is 54.3 Å². The number of carbonyl (C=O) groups excluding carboxylic acids is 3. The number of carbonyl (C=O) groups is 4. The number of likely N-dealkylation sites (tertiary alicyclic amines) is 1. The van der Waals surface area contributed by atoms with E-state index in [1.165, 1.54) is 24.3 Å². The summed E-state index contributed by atoms with van der Waals surface area (Å²) in [7, 11) is 1.90. The lowest BCUT2D eigenvalue weighted by Gasteiger charge is -2.58. The number of carboxylic acid groups (broad SMARTS) is 1. The molecule has 5 rings (SSSR count). The Hall–Kier alpha value is -4.46. The lowest BCUT2D eigenvalue weighted by molar-refractivity contribution is -0.178. The number of aryl methyl sites for hydroxylation is 1. The Kier molecular flexibility index (Phi) is 8.86. The van der Waals surface area contributed by atoms with Crippen LogP contribution in [0.5, 0.6) is 11.5 Å². The van der Waals surface area contributed by atoms with Crippen LogP contribution in [-0.2, 0) is 38.8 Å². The van der Waals surface area contributed by atoms with E-state index in [0.29, 0.717) is 18.5 Å². The highest BCUT2D eigenvalue weighted by Crippen LogP contribution is 2.62. The number of piperidine rings is 1. The molecule has 0 bridgehead atoms. The highest BCUT2D eigenvalue weighted by molar-refractivity contribution is 5.86. The minimum Gasteiger partial charge on any atom is -0.504 e. The van der Waals surface area contributed by atoms with Gasteiger partial charge in [0.15, 0.2) is 29.8 Å². The molecule has 1 aliphatic carbocycles. The van der Waals surface area contributed by atoms with Gasteiger partial charge in [-0.15, -0.1) is 0 Å². The Bertz CT molecular complexity index is 1570. The average molecular weight is 640 g/mol. The standard InChI is InChI=1S/C33H37NO12/c1-17-10-11-21(35)27-25(17)32-14-15-34(4)19(3)33(32,42)13-12-23(28(32)46-27)44-30(40)22(36)16-24(37)45-26(20-8-6-5-7-9-20)31(41)43-18(2)29(38)39/h5-12,18-19,22,26,28,35-36,42H,13-16H2,1-4H3,(H,38,39)/t18-,19+,22-,26-,28-,32-,33+/m0/s1. The number of aliphatic hydroxyl groups is 2. The van der Waals surface area contributed by atoms with E-state index in [1.54, 1.807) is 24.3 Å². The highest BCUT2D eigenvalue weighted by atomic mass is 16.6. The molecule has 13 heteroatoms. The van der Waals surface area contributed by atoms with Crippen molar-refractivity contribution in [2.24, 2.45) is 0 Å². The number of aliphatic hydroxyl groups excluding tert-OH is 1. The van der Waals surface area contributed by atoms with E-state index >= 15 is 0 Å². The number of likely N-dealkylation sites (N-methyl/N-ethyl adjacent to an activating group) is 1. The van der Waals surface area contributed by atoms with Crippen LogP contribution in [-0.4, -0.2) is 92.8 Å². The van der Waals surface area contributed by atoms with E-state index in [-0.39, 0.29) is 35.3 Å². The van der Waals surface area contributed by atoms with Crippen LogP contribution in [0.2, 0.25) is 0 Å². The lowest BCUT2D eigenvalue weighted by Crippen LogP contribution is -2.71. The molecule has 0 unspecified atom stereocenters. The molecule has 0 aromatic heterocycles. The van der Waals surface area contributed by atoms with Gasteiger partial charge in [-0.1, -0.05) is 36.4 Å². The third-order valence-corrected chi connectivity index (χ3v) is 9.39. The molecule has 1 spiro atoms. The van der Waals surface area contributed by atoms with Crippen LogP contribution in [0.4, 0.5) is 0 Å². The minimum atomic E-state index is -2.02. The molecular formula is C33H37NO12. The van der Waals surface area contributed by atoms with Gasteiger partial charge in [0.05, 0.1) is 17.4 Å². The van der Waals surface area contributed by atoms with Crippen molar-refractivity contribution in [1.82, 2.24) is 4.90 Å². The van der Waals surface area contributed by atoms with Crippen LogP contribution in [0.1, 0.15) is 55.9 Å². The van der Waals surface area contributed by atoms with Gasteiger partial charge in [0.25, 0.3) is 0 Å². The molecular weight excluding hydrogens is 602 g/mol. The van der Waals surface area contributed by atoms with Gasteiger partial charge in [0, 0.05) is 23.6 Å². The van der Waals surface area contributed by atoms with Crippen molar-refractivity contribution in [2.75, 3.05) is 13.6 Å². The molecule has 2 heterocycles. The van der Waals surface area contributed by atoms with Gasteiger partial charge in [0.1, 0.15) is 5.76 Å². The number of hydrogen-bond acceptors (Lipinski definition) is 12. The number of ether oxygens (including phenoxy) is 4. The van der Waals surface area contributed by atoms with E-state index < -0.39 is 65.7 Å². The van der Waals surface area contributed by atoms with Gasteiger partial charge < -0.3 is 44.3 Å². The molecule has 1 fully saturated rings. The Morgan fingerprint density at radius 1 is 1.09 bits per heavy atom. The second-order valence-corrected chi connectivity index (χ2v) is 12.1. The molecule has 13 nitrogen and oxygen atoms in total. The van der Waals surface area contributed by atoms with Crippen LogP contribution < -0.4 is 4.74 Å². The van der Waals surface area contributed by atoms with Crippen LogP contribution in [0.25, 0.3) is 0 Å². The van der Waals surface area contributed by atoms with E-state index in [0.717, 1.165) is 12.5 Å². The summed E-state index contributed by atoms with van der Waals surface area (Å²) in [5.41, 5.74) is -0.871. The molecule has 2 aromatic carbocycles. The molecule has 0 radical (unpaired) electrons. The number of esters is 3. The molecule has 2 aliphatic heterocycles. The van der Waals surface area contributed by atoms with Gasteiger partial charge >= 0.3 is 23.9 Å². The molecule has 7 atom stereocenters. The van der Waals surface area contributed by atoms with Crippen LogP contribution in [0, 0.1) is 6.92 Å². The lowest BCUT2D eigenvalue weighted by atomic mass is 9.54. The first kappa shape index (κ1) is 32.9. The first-order valence-corrected chi connectivity index (χ1v) is 14.9. The summed E-state index contributed by atoms with van der Waals surface area (Å²) in [5.74, 6) is -4.85. The Labute approximate surface area is 264 Å². The first-order valence-electron chi connectivity index (χ1n) is 14.9. The van der Waals surface area contributed by atoms with Crippen LogP contribution in [0.3, 0.4) is 0 Å². The molecule has 1 saturated heterocycles. The van der Waals surface area contributed by atoms with Crippen molar-refractivity contribution in [3.63, 3.8) is 0 Å². The zero-order chi connectivity index (χ0) is 33.6. The van der Waals surface area contributed by atoms with Crippen molar-refractivity contribution >= 4 is 23.9 Å². The summed E-state index contributed by atoms with van der Waals surface area (Å²) in [6.07, 6.45) is -5.14. The summed E-state index contributed by atoms with van der Waals surface area (Å²) >= 11 is 0. The van der Waals surface area contributed by atoms with E-state index in [1.807, 2.05) is 25.8 Å². The van der Waals surface area contributed by atoms with Crippen molar-refractivity contribution in [1.29, 1.82) is 0 Å². The largest absolute Gasteiger partial charge is 0.504 e. The topological polar surface area (TPSA) is 189 Å². The number of phenols is 1. The van der Waals surface area contributed by atoms with Crippen molar-refractivity contribution in [3.8, 4) is 11.5 Å². The third kappa shape index (κ3) is 5.48. The number of phenolic OH excluding ortho intramolecular Hbond substituents is 1. The Balaban J connectivity index is 1.34. The molecule has 3 aliphatic rings. The number of rotatable bonds is 9. The summed E-state index contributed by atoms with van der Waals surface area (Å²) in [4.78, 5) is 51.9. The number of nitrogens with zero attached hydrogens (tertiary/aromatic N) is 1. The normalized spacial score (nSPS) is 27.0. The molecule has 46 heavy (non-hydrogen) atoms. The van der Waals surface area contributed by atoms with E-state index in [9.17, 15) is 34.5 Å². The number of fused-ring (bicyclic) bond motifs is 1. The van der Waals surface area contributed by atoms with Gasteiger partial charge in [-0.2, -0.15) is 0 Å². The number of carboxylic acids is 1. The summed E-state index contributed by atoms with van der Waals surface area (Å²) in [6.45, 7) is 5.46. The third-order valence-electron chi connectivity index (χ3n) is 9.39. The van der Waals surface area contributed by atoms with Gasteiger partial charge in [0.2, 0.25) is 6.10 Å². The Morgan fingerprint density at radius 3 is 2.46 bits per heavy atom. The van der Waals surface area contributed by atoms with Crippen molar-refractivity contribution < 1.29 is 58.6 Å². The van der Waals surface area contributed by atoms with Gasteiger partial charge in [-0.25, -0.2) is 14.4 Å². The smallest absolute Gasteiger partial charge is 0.353 e. The van der Waals surface area contributed by atoms with E-state index in [2.05, 4.69) is 0 Å². The highest BCUT2D eigenvalue weighted by Gasteiger charge is 2.69. The SMILES string of the molecule is Cc1ccc(O)c2c1[C@]13CCN(C)[C@H](C)[C@]1(O)CC=C(OC(=O)[C@@H](O)CC(=O)O[C@H](C(=O)O[C@@H](C)C(=O)O)c1ccccc1)[C@@H]3O2. The molecule has 2 aromatic rings. The zero-order valence-corrected chi connectivity index (χ0v) is 25.8. The predicted molar refractivity (Wildman–Crippen MR) is 158 cm³/mol. The molecule has 246 valence electrons. The fraction of sp³-hybridized carbons (Fsp3) is 0.455. The zero-order valence-electron chi connectivity index (χ0n) is 25.8. The maximum absolute atomic E-state index is 13.2. The fourth-order valence-electron chi connectivity index (χ4n) is 6.78. The van der Waals surface area contributed by atoms with E-state index in [4.69, 9.17) is 24.1 Å². The maximum atomic E-state index is 13.2. The quantitative estimate of drug-likeness (QED) is 0.231. The molecule has 4 N–H and O–H groups in total. The Morgan fingerprint density at radius 2 is 1.78 bits per heavy atom. The van der Waals surface area contributed by atoms with Crippen molar-refractivity contribution in [3.05, 3.63) is 71.0 Å². The second kappa shape index (κ2) is 12.4. The monoisotopic (exact) mass is 639 g/mol. The second-order valence-electron chi connectivity index (χ2n) is 12.1. The van der Waals surface area contributed by atoms with Gasteiger partial charge in [-0.3, -0.25) is 4.79 Å². The summed E-state index contributed by atoms with van der Waals surface area (Å²) in [6, 6.07) is 10.6. The number of aromatic hydroxyl groups is 1. The molecule has 0 amide bonds. The minimum absolute atomic E-state index is 0.0160. The maximum Gasteiger partial charge on any atom is 0.353 e. The number of hydrogen-bond donors (Lipinski definition) is 4. The molecule has 0 saturated carbocycles. The average Bonchev–Trinajstić information content (AvgIpc) is 3.39.